The Kier molecular flexibility index (Phi) is 5.47. The van der Waals surface area contributed by atoms with Crippen LogP contribution in [0.15, 0.2) is 60.9 Å². The monoisotopic (exact) mass is 506 g/mol. The number of halogens is 2. The molecule has 1 saturated carbocycles. The number of rotatable bonds is 6. The average molecular weight is 507 g/mol. The van der Waals surface area contributed by atoms with Gasteiger partial charge < -0.3 is 20.3 Å². The normalized spacial score (nSPS) is 23.5. The predicted molar refractivity (Wildman–Crippen MR) is 135 cm³/mol. The van der Waals surface area contributed by atoms with E-state index >= 15 is 8.78 Å². The summed E-state index contributed by atoms with van der Waals surface area (Å²) < 4.78 is 44.1. The molecule has 4 aromatic rings. The molecule has 0 amide bonds. The summed E-state index contributed by atoms with van der Waals surface area (Å²) in [4.78, 5) is 9.30. The lowest BCUT2D eigenvalue weighted by molar-refractivity contribution is -0.177. The zero-order valence-electron chi connectivity index (χ0n) is 20.5. The minimum absolute atomic E-state index is 0.0133. The van der Waals surface area contributed by atoms with Gasteiger partial charge in [0.2, 0.25) is 0 Å². The van der Waals surface area contributed by atoms with Crippen LogP contribution in [0.4, 0.5) is 14.6 Å². The second-order valence-corrected chi connectivity index (χ2v) is 10.1. The summed E-state index contributed by atoms with van der Waals surface area (Å²) in [5.74, 6) is -1.98. The second-order valence-electron chi connectivity index (χ2n) is 10.1. The van der Waals surface area contributed by atoms with Gasteiger partial charge in [-0.15, -0.1) is 0 Å². The first kappa shape index (κ1) is 23.8. The number of nitrogens with two attached hydrogens (primary N) is 1. The Labute approximate surface area is 212 Å². The highest BCUT2D eigenvalue weighted by molar-refractivity contribution is 5.85. The molecule has 2 saturated heterocycles. The van der Waals surface area contributed by atoms with Gasteiger partial charge in [0, 0.05) is 23.5 Å². The van der Waals surface area contributed by atoms with Gasteiger partial charge in [0.05, 0.1) is 36.9 Å². The van der Waals surface area contributed by atoms with Crippen molar-refractivity contribution < 1.29 is 23.4 Å². The van der Waals surface area contributed by atoms with Crippen molar-refractivity contribution in [1.29, 1.82) is 0 Å². The number of imidazole rings is 1. The smallest absolute Gasteiger partial charge is 0.302 e. The molecule has 0 unspecified atom stereocenters. The van der Waals surface area contributed by atoms with Gasteiger partial charge in [-0.25, -0.2) is 9.97 Å². The van der Waals surface area contributed by atoms with Gasteiger partial charge in [-0.1, -0.05) is 36.4 Å². The number of aromatic nitrogens is 3. The van der Waals surface area contributed by atoms with Crippen LogP contribution in [-0.2, 0) is 16.1 Å². The Morgan fingerprint density at radius 1 is 1.11 bits per heavy atom. The minimum Gasteiger partial charge on any atom is -0.496 e. The standard InChI is InChI=1S/C28H28F2N4O3/c1-36-21-5-3-2-4-20(21)28(29,30)19-8-6-18(7-9-19)22-23-24(31)32-14-15-34(23)25(33-22)26-10-12-27(16-35,13-11-26)37-17-26/h2-9,14-15,35H,10-13,16-17H2,1H3,(H2,31,32). The van der Waals surface area contributed by atoms with Crippen molar-refractivity contribution in [3.63, 3.8) is 0 Å². The van der Waals surface area contributed by atoms with Gasteiger partial charge in [-0.3, -0.25) is 4.40 Å². The van der Waals surface area contributed by atoms with Gasteiger partial charge >= 0.3 is 5.92 Å². The van der Waals surface area contributed by atoms with Crippen LogP contribution in [-0.4, -0.2) is 45.4 Å². The van der Waals surface area contributed by atoms with Gasteiger partial charge in [0.25, 0.3) is 0 Å². The molecular weight excluding hydrogens is 478 g/mol. The van der Waals surface area contributed by atoms with Crippen molar-refractivity contribution in [3.05, 3.63) is 77.9 Å². The number of aliphatic hydroxyl groups is 1. The minimum atomic E-state index is -3.24. The Balaban J connectivity index is 1.41. The Hall–Kier alpha value is -3.56. The van der Waals surface area contributed by atoms with Crippen molar-refractivity contribution in [2.75, 3.05) is 26.1 Å². The molecular formula is C28H28F2N4O3. The molecule has 0 spiro atoms. The molecule has 2 aliphatic heterocycles. The van der Waals surface area contributed by atoms with Gasteiger partial charge in [0.15, 0.2) is 0 Å². The quantitative estimate of drug-likeness (QED) is 0.394. The lowest BCUT2D eigenvalue weighted by atomic mass is 9.66. The summed E-state index contributed by atoms with van der Waals surface area (Å²) in [6.07, 6.45) is 6.63. The van der Waals surface area contributed by atoms with Gasteiger partial charge in [0.1, 0.15) is 28.6 Å². The summed E-state index contributed by atoms with van der Waals surface area (Å²) >= 11 is 0. The third kappa shape index (κ3) is 3.59. The molecule has 7 nitrogen and oxygen atoms in total. The third-order valence-electron chi connectivity index (χ3n) is 8.08. The molecule has 2 aromatic heterocycles. The van der Waals surface area contributed by atoms with E-state index in [-0.39, 0.29) is 28.9 Å². The highest BCUT2D eigenvalue weighted by Gasteiger charge is 2.52. The molecule has 3 fully saturated rings. The number of para-hydroxylation sites is 1. The fourth-order valence-electron chi connectivity index (χ4n) is 5.79. The van der Waals surface area contributed by atoms with Crippen molar-refractivity contribution >= 4 is 11.3 Å². The highest BCUT2D eigenvalue weighted by atomic mass is 19.3. The van der Waals surface area contributed by atoms with Crippen LogP contribution < -0.4 is 10.5 Å². The number of methoxy groups -OCH3 is 1. The summed E-state index contributed by atoms with van der Waals surface area (Å²) in [6, 6.07) is 12.2. The number of anilines is 1. The van der Waals surface area contributed by atoms with E-state index in [4.69, 9.17) is 20.2 Å². The van der Waals surface area contributed by atoms with E-state index in [0.717, 1.165) is 31.5 Å². The molecule has 3 N–H and O–H groups in total. The van der Waals surface area contributed by atoms with E-state index in [1.807, 2.05) is 10.6 Å². The zero-order chi connectivity index (χ0) is 25.8. The van der Waals surface area contributed by atoms with Crippen molar-refractivity contribution in [1.82, 2.24) is 14.4 Å². The zero-order valence-corrected chi connectivity index (χ0v) is 20.5. The summed E-state index contributed by atoms with van der Waals surface area (Å²) in [7, 11) is 1.38. The molecule has 9 heteroatoms. The topological polar surface area (TPSA) is 94.9 Å². The molecule has 2 bridgehead atoms. The fraction of sp³-hybridized carbons (Fsp3) is 0.357. The van der Waals surface area contributed by atoms with Gasteiger partial charge in [-0.2, -0.15) is 8.78 Å². The molecule has 4 heterocycles. The van der Waals surface area contributed by atoms with Crippen LogP contribution in [0.3, 0.4) is 0 Å². The van der Waals surface area contributed by atoms with E-state index in [2.05, 4.69) is 4.98 Å². The first-order valence-electron chi connectivity index (χ1n) is 12.3. The summed E-state index contributed by atoms with van der Waals surface area (Å²) in [6.45, 7) is 0.470. The summed E-state index contributed by atoms with van der Waals surface area (Å²) in [5.41, 5.74) is 7.09. The van der Waals surface area contributed by atoms with Crippen LogP contribution >= 0.6 is 0 Å². The SMILES string of the molecule is COc1ccccc1C(F)(F)c1ccc(-c2nc(C34CCC(CO)(CC3)OC4)n3ccnc(N)c23)cc1. The van der Waals surface area contributed by atoms with E-state index in [1.165, 1.54) is 31.4 Å². The maximum absolute atomic E-state index is 15.4. The molecule has 192 valence electrons. The first-order chi connectivity index (χ1) is 17.8. The van der Waals surface area contributed by atoms with Crippen LogP contribution in [0.5, 0.6) is 5.75 Å². The number of nitrogens with zero attached hydrogens (tertiary/aromatic N) is 3. The largest absolute Gasteiger partial charge is 0.496 e. The molecule has 3 aliphatic rings. The van der Waals surface area contributed by atoms with Crippen molar-refractivity contribution in [3.8, 4) is 17.0 Å². The van der Waals surface area contributed by atoms with E-state index < -0.39 is 11.5 Å². The first-order valence-corrected chi connectivity index (χ1v) is 12.3. The van der Waals surface area contributed by atoms with E-state index in [9.17, 15) is 5.11 Å². The van der Waals surface area contributed by atoms with E-state index in [0.29, 0.717) is 29.2 Å². The lowest BCUT2D eigenvalue weighted by Crippen LogP contribution is -2.55. The summed E-state index contributed by atoms with van der Waals surface area (Å²) in [5, 5.41) is 9.83. The lowest BCUT2D eigenvalue weighted by Gasteiger charge is -2.51. The average Bonchev–Trinajstić information content (AvgIpc) is 3.36. The Morgan fingerprint density at radius 3 is 2.49 bits per heavy atom. The Morgan fingerprint density at radius 2 is 1.84 bits per heavy atom. The molecule has 1 aliphatic carbocycles. The van der Waals surface area contributed by atoms with Gasteiger partial charge in [-0.05, 0) is 37.8 Å². The molecule has 0 radical (unpaired) electrons. The number of nitrogen functional groups attached to an aromatic ring is 1. The van der Waals surface area contributed by atoms with Crippen molar-refractivity contribution in [2.45, 2.75) is 42.6 Å². The number of benzene rings is 2. The number of fused-ring (bicyclic) bond motifs is 4. The van der Waals surface area contributed by atoms with Crippen LogP contribution in [0.25, 0.3) is 16.8 Å². The van der Waals surface area contributed by atoms with Crippen LogP contribution in [0, 0.1) is 0 Å². The van der Waals surface area contributed by atoms with Crippen molar-refractivity contribution in [2.24, 2.45) is 0 Å². The molecule has 2 aromatic carbocycles. The molecule has 37 heavy (non-hydrogen) atoms. The maximum atomic E-state index is 15.4. The van der Waals surface area contributed by atoms with E-state index in [1.54, 1.807) is 30.5 Å². The number of alkyl halides is 2. The molecule has 0 atom stereocenters. The van der Waals surface area contributed by atoms with Crippen LogP contribution in [0.1, 0.15) is 42.6 Å². The highest BCUT2D eigenvalue weighted by Crippen LogP contribution is 2.50. The fourth-order valence-corrected chi connectivity index (χ4v) is 5.79. The number of hydrogen-bond donors (Lipinski definition) is 2. The number of aliphatic hydroxyl groups excluding tert-OH is 1. The molecule has 7 rings (SSSR count). The third-order valence-corrected chi connectivity index (χ3v) is 8.08. The predicted octanol–water partition coefficient (Wildman–Crippen LogP) is 4.70. The number of hydrogen-bond acceptors (Lipinski definition) is 6. The van der Waals surface area contributed by atoms with Crippen LogP contribution in [0.2, 0.25) is 0 Å². The maximum Gasteiger partial charge on any atom is 0.302 e. The number of ether oxygens (including phenoxy) is 2. The Bertz CT molecular complexity index is 1440. The second kappa shape index (κ2) is 8.49.